The van der Waals surface area contributed by atoms with E-state index in [-0.39, 0.29) is 12.1 Å². The molecule has 0 radical (unpaired) electrons. The third-order valence-electron chi connectivity index (χ3n) is 3.34. The molecule has 3 nitrogen and oxygen atoms in total. The topological polar surface area (TPSA) is 38.5 Å². The van der Waals surface area contributed by atoms with E-state index in [2.05, 4.69) is 43.0 Å². The molecule has 0 aliphatic carbocycles. The van der Waals surface area contributed by atoms with Gasteiger partial charge in [0, 0.05) is 24.3 Å². The van der Waals surface area contributed by atoms with Crippen LogP contribution in [0.3, 0.4) is 0 Å². The molecule has 1 aromatic rings. The summed E-state index contributed by atoms with van der Waals surface area (Å²) in [5, 5.41) is 0. The molecular weight excluding hydrogens is 212 g/mol. The molecule has 0 saturated carbocycles. The smallest absolute Gasteiger partial charge is 0.0723 e. The highest BCUT2D eigenvalue weighted by Crippen LogP contribution is 2.28. The van der Waals surface area contributed by atoms with Crippen LogP contribution in [-0.4, -0.2) is 25.3 Å². The van der Waals surface area contributed by atoms with Crippen molar-refractivity contribution in [2.45, 2.75) is 39.0 Å². The molecular formula is C14H22N2O. The quantitative estimate of drug-likeness (QED) is 0.853. The van der Waals surface area contributed by atoms with Crippen LogP contribution in [0, 0.1) is 0 Å². The lowest BCUT2D eigenvalue weighted by molar-refractivity contribution is 0.0343. The normalized spacial score (nSPS) is 26.9. The molecule has 1 heterocycles. The maximum absolute atomic E-state index is 6.04. The zero-order chi connectivity index (χ0) is 12.4. The zero-order valence-corrected chi connectivity index (χ0v) is 10.9. The summed E-state index contributed by atoms with van der Waals surface area (Å²) < 4.78 is 5.67. The molecule has 0 spiro atoms. The summed E-state index contributed by atoms with van der Waals surface area (Å²) in [5.74, 6) is 0. The molecule has 17 heavy (non-hydrogen) atoms. The predicted octanol–water partition coefficient (Wildman–Crippen LogP) is 2.32. The summed E-state index contributed by atoms with van der Waals surface area (Å²) in [6, 6.07) is 8.88. The number of nitrogens with zero attached hydrogens (tertiary/aromatic N) is 1. The molecule has 1 aliphatic rings. The van der Waals surface area contributed by atoms with E-state index >= 15 is 0 Å². The van der Waals surface area contributed by atoms with Crippen molar-refractivity contribution < 1.29 is 4.74 Å². The van der Waals surface area contributed by atoms with Crippen molar-refractivity contribution in [3.63, 3.8) is 0 Å². The Morgan fingerprint density at radius 2 is 2.06 bits per heavy atom. The molecule has 2 N–H and O–H groups in total. The maximum atomic E-state index is 6.04. The number of morpholine rings is 1. The number of anilines is 1. The van der Waals surface area contributed by atoms with Gasteiger partial charge in [0.05, 0.1) is 12.7 Å². The molecule has 0 bridgehead atoms. The Morgan fingerprint density at radius 3 is 2.76 bits per heavy atom. The molecule has 3 heteroatoms. The van der Waals surface area contributed by atoms with Crippen molar-refractivity contribution in [3.8, 4) is 0 Å². The van der Waals surface area contributed by atoms with Gasteiger partial charge in [-0.2, -0.15) is 0 Å². The van der Waals surface area contributed by atoms with Gasteiger partial charge in [0.15, 0.2) is 0 Å². The Hall–Kier alpha value is -1.06. The van der Waals surface area contributed by atoms with Gasteiger partial charge < -0.3 is 15.4 Å². The maximum Gasteiger partial charge on any atom is 0.0723 e. The molecule has 2 rings (SSSR count). The van der Waals surface area contributed by atoms with Gasteiger partial charge in [-0.3, -0.25) is 0 Å². The van der Waals surface area contributed by atoms with Crippen molar-refractivity contribution in [2.24, 2.45) is 5.73 Å². The Balaban J connectivity index is 2.31. The molecule has 3 atom stereocenters. The van der Waals surface area contributed by atoms with E-state index in [1.165, 1.54) is 11.3 Å². The van der Waals surface area contributed by atoms with Crippen molar-refractivity contribution in [1.82, 2.24) is 0 Å². The van der Waals surface area contributed by atoms with Crippen LogP contribution < -0.4 is 10.6 Å². The minimum atomic E-state index is 0.0663. The first-order valence-electron chi connectivity index (χ1n) is 6.32. The molecule has 1 fully saturated rings. The van der Waals surface area contributed by atoms with Gasteiger partial charge in [-0.05, 0) is 32.4 Å². The highest BCUT2D eigenvalue weighted by Gasteiger charge is 2.25. The second kappa shape index (κ2) is 5.07. The minimum Gasteiger partial charge on any atom is -0.375 e. The summed E-state index contributed by atoms with van der Waals surface area (Å²) in [6.45, 7) is 8.07. The van der Waals surface area contributed by atoms with Crippen molar-refractivity contribution >= 4 is 5.69 Å². The molecule has 1 saturated heterocycles. The van der Waals surface area contributed by atoms with E-state index in [9.17, 15) is 0 Å². The minimum absolute atomic E-state index is 0.0663. The third-order valence-corrected chi connectivity index (χ3v) is 3.34. The first kappa shape index (κ1) is 12.4. The first-order valence-corrected chi connectivity index (χ1v) is 6.32. The van der Waals surface area contributed by atoms with Gasteiger partial charge >= 0.3 is 0 Å². The number of hydrogen-bond donors (Lipinski definition) is 1. The summed E-state index contributed by atoms with van der Waals surface area (Å²) in [6.07, 6.45) is 0.285. The average Bonchev–Trinajstić information content (AvgIpc) is 2.32. The van der Waals surface area contributed by atoms with Crippen LogP contribution in [0.4, 0.5) is 5.69 Å². The predicted molar refractivity (Wildman–Crippen MR) is 71.3 cm³/mol. The summed E-state index contributed by atoms with van der Waals surface area (Å²) in [7, 11) is 0. The van der Waals surface area contributed by atoms with Gasteiger partial charge in [-0.15, -0.1) is 0 Å². The second-order valence-electron chi connectivity index (χ2n) is 4.99. The standard InChI is InChI=1S/C14H22N2O/c1-10-9-17-11(2)8-16(10)14-7-5-4-6-13(14)12(3)15/h4-7,10-12H,8-9,15H2,1-3H3/t10?,11?,12-/m1/s1. The van der Waals surface area contributed by atoms with Crippen LogP contribution in [0.15, 0.2) is 24.3 Å². The highest BCUT2D eigenvalue weighted by atomic mass is 16.5. The van der Waals surface area contributed by atoms with Gasteiger partial charge in [-0.25, -0.2) is 0 Å². The lowest BCUT2D eigenvalue weighted by Gasteiger charge is -2.39. The van der Waals surface area contributed by atoms with E-state index < -0.39 is 0 Å². The van der Waals surface area contributed by atoms with Crippen LogP contribution in [0.1, 0.15) is 32.4 Å². The number of benzene rings is 1. The van der Waals surface area contributed by atoms with E-state index in [1.807, 2.05) is 6.92 Å². The summed E-state index contributed by atoms with van der Waals surface area (Å²) >= 11 is 0. The number of para-hydroxylation sites is 1. The van der Waals surface area contributed by atoms with Crippen molar-refractivity contribution in [1.29, 1.82) is 0 Å². The number of ether oxygens (including phenoxy) is 1. The van der Waals surface area contributed by atoms with Crippen LogP contribution in [-0.2, 0) is 4.74 Å². The molecule has 94 valence electrons. The largest absolute Gasteiger partial charge is 0.375 e. The number of nitrogens with two attached hydrogens (primary N) is 1. The van der Waals surface area contributed by atoms with Gasteiger partial charge in [-0.1, -0.05) is 18.2 Å². The van der Waals surface area contributed by atoms with Crippen LogP contribution in [0.5, 0.6) is 0 Å². The summed E-state index contributed by atoms with van der Waals surface area (Å²) in [4.78, 5) is 2.41. The fraction of sp³-hybridized carbons (Fsp3) is 0.571. The SMILES string of the molecule is CC1CN(c2ccccc2[C@@H](C)N)C(C)CO1. The first-order chi connectivity index (χ1) is 8.09. The van der Waals surface area contributed by atoms with E-state index in [0.717, 1.165) is 13.2 Å². The number of hydrogen-bond acceptors (Lipinski definition) is 3. The van der Waals surface area contributed by atoms with E-state index in [1.54, 1.807) is 0 Å². The van der Waals surface area contributed by atoms with E-state index in [0.29, 0.717) is 6.04 Å². The second-order valence-corrected chi connectivity index (χ2v) is 4.99. The Bertz CT molecular complexity index is 378. The van der Waals surface area contributed by atoms with Crippen LogP contribution in [0.25, 0.3) is 0 Å². The fourth-order valence-corrected chi connectivity index (χ4v) is 2.37. The molecule has 0 aromatic heterocycles. The Kier molecular flexibility index (Phi) is 3.69. The monoisotopic (exact) mass is 234 g/mol. The van der Waals surface area contributed by atoms with E-state index in [4.69, 9.17) is 10.5 Å². The Morgan fingerprint density at radius 1 is 1.35 bits per heavy atom. The zero-order valence-electron chi connectivity index (χ0n) is 10.9. The van der Waals surface area contributed by atoms with Crippen molar-refractivity contribution in [2.75, 3.05) is 18.1 Å². The number of rotatable bonds is 2. The third kappa shape index (κ3) is 2.61. The van der Waals surface area contributed by atoms with Crippen LogP contribution >= 0.6 is 0 Å². The lowest BCUT2D eigenvalue weighted by atomic mass is 10.0. The fourth-order valence-electron chi connectivity index (χ4n) is 2.37. The summed E-state index contributed by atoms with van der Waals surface area (Å²) in [5.41, 5.74) is 8.51. The van der Waals surface area contributed by atoms with Crippen molar-refractivity contribution in [3.05, 3.63) is 29.8 Å². The van der Waals surface area contributed by atoms with Gasteiger partial charge in [0.2, 0.25) is 0 Å². The van der Waals surface area contributed by atoms with Crippen LogP contribution in [0.2, 0.25) is 0 Å². The van der Waals surface area contributed by atoms with Gasteiger partial charge in [0.25, 0.3) is 0 Å². The van der Waals surface area contributed by atoms with Gasteiger partial charge in [0.1, 0.15) is 0 Å². The molecule has 2 unspecified atom stereocenters. The molecule has 1 aromatic carbocycles. The highest BCUT2D eigenvalue weighted by molar-refractivity contribution is 5.56. The average molecular weight is 234 g/mol. The molecule has 1 aliphatic heterocycles. The Labute approximate surface area is 104 Å². The lowest BCUT2D eigenvalue weighted by Crippen LogP contribution is -2.48. The molecule has 0 amide bonds.